The standard InChI is InChI=1S/C14H15N3O4/c15-10-3-1-2-9-12(10)14(20)17(13(9)19)8-4-5-11(18)16-7-21-6-8/h1-3,8H,4-7,15H2,(H,16,18). The molecule has 1 aromatic rings. The Morgan fingerprint density at radius 3 is 2.81 bits per heavy atom. The minimum atomic E-state index is -0.456. The molecule has 0 bridgehead atoms. The Labute approximate surface area is 121 Å². The Hall–Kier alpha value is -2.41. The molecule has 2 aliphatic rings. The van der Waals surface area contributed by atoms with Crippen LogP contribution in [0.1, 0.15) is 33.6 Å². The number of carbonyl (C=O) groups is 3. The highest BCUT2D eigenvalue weighted by molar-refractivity contribution is 6.23. The Morgan fingerprint density at radius 1 is 1.24 bits per heavy atom. The van der Waals surface area contributed by atoms with Crippen LogP contribution in [0.2, 0.25) is 0 Å². The summed E-state index contributed by atoms with van der Waals surface area (Å²) in [6, 6.07) is 4.37. The van der Waals surface area contributed by atoms with Gasteiger partial charge in [-0.2, -0.15) is 0 Å². The molecule has 2 heterocycles. The number of rotatable bonds is 1. The van der Waals surface area contributed by atoms with Crippen LogP contribution < -0.4 is 11.1 Å². The predicted octanol–water partition coefficient (Wildman–Crippen LogP) is 0.117. The molecule has 3 amide bonds. The van der Waals surface area contributed by atoms with Gasteiger partial charge >= 0.3 is 0 Å². The number of imide groups is 1. The third-order valence-electron chi connectivity index (χ3n) is 3.73. The van der Waals surface area contributed by atoms with Crippen molar-refractivity contribution in [1.29, 1.82) is 0 Å². The van der Waals surface area contributed by atoms with Gasteiger partial charge in [0.1, 0.15) is 6.73 Å². The van der Waals surface area contributed by atoms with E-state index in [9.17, 15) is 14.4 Å². The van der Waals surface area contributed by atoms with Gasteiger partial charge in [-0.3, -0.25) is 19.3 Å². The number of fused-ring (bicyclic) bond motifs is 1. The van der Waals surface area contributed by atoms with Gasteiger partial charge in [-0.1, -0.05) is 6.07 Å². The van der Waals surface area contributed by atoms with Gasteiger partial charge in [0.05, 0.1) is 23.8 Å². The number of hydrogen-bond acceptors (Lipinski definition) is 5. The summed E-state index contributed by atoms with van der Waals surface area (Å²) in [4.78, 5) is 37.5. The van der Waals surface area contributed by atoms with Crippen molar-refractivity contribution in [3.63, 3.8) is 0 Å². The van der Waals surface area contributed by atoms with Crippen LogP contribution in [0.3, 0.4) is 0 Å². The second-order valence-electron chi connectivity index (χ2n) is 5.06. The molecule has 1 fully saturated rings. The van der Waals surface area contributed by atoms with Crippen LogP contribution in [0.25, 0.3) is 0 Å². The molecule has 3 N–H and O–H groups in total. The average Bonchev–Trinajstić information content (AvgIpc) is 2.69. The summed E-state index contributed by atoms with van der Waals surface area (Å²) in [6.45, 7) is 0.284. The quantitative estimate of drug-likeness (QED) is 0.564. The van der Waals surface area contributed by atoms with Gasteiger partial charge in [0.15, 0.2) is 0 Å². The van der Waals surface area contributed by atoms with E-state index < -0.39 is 11.9 Å². The van der Waals surface area contributed by atoms with E-state index in [2.05, 4.69) is 5.32 Å². The van der Waals surface area contributed by atoms with E-state index in [1.165, 1.54) is 4.90 Å². The van der Waals surface area contributed by atoms with E-state index in [0.29, 0.717) is 12.0 Å². The van der Waals surface area contributed by atoms with Crippen molar-refractivity contribution in [2.45, 2.75) is 18.9 Å². The smallest absolute Gasteiger partial charge is 0.263 e. The Balaban J connectivity index is 1.90. The summed E-state index contributed by atoms with van der Waals surface area (Å²) in [7, 11) is 0. The third kappa shape index (κ3) is 2.25. The summed E-state index contributed by atoms with van der Waals surface area (Å²) >= 11 is 0. The molecule has 0 spiro atoms. The molecule has 0 aromatic heterocycles. The molecule has 1 unspecified atom stereocenters. The van der Waals surface area contributed by atoms with Crippen molar-refractivity contribution in [2.75, 3.05) is 19.1 Å². The predicted molar refractivity (Wildman–Crippen MR) is 73.3 cm³/mol. The van der Waals surface area contributed by atoms with Gasteiger partial charge in [-0.15, -0.1) is 0 Å². The largest absolute Gasteiger partial charge is 0.398 e. The summed E-state index contributed by atoms with van der Waals surface area (Å²) < 4.78 is 5.29. The molecule has 7 nitrogen and oxygen atoms in total. The first-order chi connectivity index (χ1) is 10.1. The first-order valence-corrected chi connectivity index (χ1v) is 6.70. The Kier molecular flexibility index (Phi) is 3.34. The number of hydrogen-bond donors (Lipinski definition) is 2. The highest BCUT2D eigenvalue weighted by Gasteiger charge is 2.41. The van der Waals surface area contributed by atoms with E-state index in [1.807, 2.05) is 0 Å². The van der Waals surface area contributed by atoms with Crippen LogP contribution in [-0.4, -0.2) is 42.0 Å². The van der Waals surface area contributed by atoms with Gasteiger partial charge in [0.25, 0.3) is 11.8 Å². The van der Waals surface area contributed by atoms with Gasteiger partial charge < -0.3 is 15.8 Å². The van der Waals surface area contributed by atoms with Crippen molar-refractivity contribution >= 4 is 23.4 Å². The maximum absolute atomic E-state index is 12.5. The molecule has 21 heavy (non-hydrogen) atoms. The fourth-order valence-corrected chi connectivity index (χ4v) is 2.66. The summed E-state index contributed by atoms with van der Waals surface area (Å²) in [5.41, 5.74) is 6.64. The van der Waals surface area contributed by atoms with Crippen molar-refractivity contribution in [2.24, 2.45) is 0 Å². The van der Waals surface area contributed by atoms with E-state index in [0.717, 1.165) is 0 Å². The molecule has 0 saturated carbocycles. The van der Waals surface area contributed by atoms with Crippen molar-refractivity contribution < 1.29 is 19.1 Å². The SMILES string of the molecule is Nc1cccc2c1C(=O)N(C1CCC(=O)NCOC1)C2=O. The summed E-state index contributed by atoms with van der Waals surface area (Å²) in [5, 5.41) is 2.57. The molecule has 110 valence electrons. The number of carbonyl (C=O) groups excluding carboxylic acids is 3. The summed E-state index contributed by atoms with van der Waals surface area (Å²) in [5.74, 6) is -0.949. The molecular formula is C14H15N3O4. The molecule has 7 heteroatoms. The Morgan fingerprint density at radius 2 is 2.05 bits per heavy atom. The van der Waals surface area contributed by atoms with Crippen LogP contribution in [0.15, 0.2) is 18.2 Å². The lowest BCUT2D eigenvalue weighted by atomic mass is 10.1. The maximum atomic E-state index is 12.5. The van der Waals surface area contributed by atoms with Crippen LogP contribution >= 0.6 is 0 Å². The lowest BCUT2D eigenvalue weighted by Crippen LogP contribution is -2.45. The zero-order chi connectivity index (χ0) is 15.0. The van der Waals surface area contributed by atoms with Crippen LogP contribution in [-0.2, 0) is 9.53 Å². The van der Waals surface area contributed by atoms with Crippen LogP contribution in [0.5, 0.6) is 0 Å². The van der Waals surface area contributed by atoms with E-state index in [1.54, 1.807) is 18.2 Å². The van der Waals surface area contributed by atoms with Gasteiger partial charge in [-0.25, -0.2) is 0 Å². The van der Waals surface area contributed by atoms with Gasteiger partial charge in [0.2, 0.25) is 5.91 Å². The molecule has 1 aromatic carbocycles. The molecule has 1 saturated heterocycles. The van der Waals surface area contributed by atoms with Crippen molar-refractivity contribution in [3.8, 4) is 0 Å². The molecule has 2 aliphatic heterocycles. The second-order valence-corrected chi connectivity index (χ2v) is 5.06. The van der Waals surface area contributed by atoms with Crippen LogP contribution in [0, 0.1) is 0 Å². The molecule has 1 atom stereocenters. The first-order valence-electron chi connectivity index (χ1n) is 6.70. The molecule has 0 radical (unpaired) electrons. The Bertz CT molecular complexity index is 629. The average molecular weight is 289 g/mol. The lowest BCUT2D eigenvalue weighted by Gasteiger charge is -2.27. The highest BCUT2D eigenvalue weighted by Crippen LogP contribution is 2.30. The van der Waals surface area contributed by atoms with Crippen LogP contribution in [0.4, 0.5) is 5.69 Å². The topological polar surface area (TPSA) is 102 Å². The number of nitrogens with two attached hydrogens (primary N) is 1. The number of nitrogens with zero attached hydrogens (tertiary/aromatic N) is 1. The number of anilines is 1. The summed E-state index contributed by atoms with van der Waals surface area (Å²) in [6.07, 6.45) is 0.619. The number of amides is 3. The highest BCUT2D eigenvalue weighted by atomic mass is 16.5. The number of benzene rings is 1. The molecule has 3 rings (SSSR count). The lowest BCUT2D eigenvalue weighted by molar-refractivity contribution is -0.124. The number of ether oxygens (including phenoxy) is 1. The van der Waals surface area contributed by atoms with Crippen molar-refractivity contribution in [1.82, 2.24) is 10.2 Å². The molecule has 0 aliphatic carbocycles. The van der Waals surface area contributed by atoms with E-state index >= 15 is 0 Å². The third-order valence-corrected chi connectivity index (χ3v) is 3.73. The number of nitrogen functional groups attached to an aromatic ring is 1. The first kappa shape index (κ1) is 13.6. The normalized spacial score (nSPS) is 22.6. The monoisotopic (exact) mass is 289 g/mol. The second kappa shape index (κ2) is 5.17. The van der Waals surface area contributed by atoms with Gasteiger partial charge in [-0.05, 0) is 18.6 Å². The van der Waals surface area contributed by atoms with E-state index in [4.69, 9.17) is 10.5 Å². The zero-order valence-electron chi connectivity index (χ0n) is 11.3. The zero-order valence-corrected chi connectivity index (χ0v) is 11.3. The minimum Gasteiger partial charge on any atom is -0.398 e. The van der Waals surface area contributed by atoms with E-state index in [-0.39, 0.29) is 42.8 Å². The number of nitrogens with one attached hydrogen (secondary N) is 1. The van der Waals surface area contributed by atoms with Crippen molar-refractivity contribution in [3.05, 3.63) is 29.3 Å². The minimum absolute atomic E-state index is 0.0840. The fourth-order valence-electron chi connectivity index (χ4n) is 2.66. The fraction of sp³-hybridized carbons (Fsp3) is 0.357. The van der Waals surface area contributed by atoms with Gasteiger partial charge in [0, 0.05) is 12.1 Å². The maximum Gasteiger partial charge on any atom is 0.263 e. The molecular weight excluding hydrogens is 274 g/mol.